The van der Waals surface area contributed by atoms with Crippen molar-refractivity contribution in [3.05, 3.63) is 30.4 Å². The smallest absolute Gasteiger partial charge is 0.161 e. The summed E-state index contributed by atoms with van der Waals surface area (Å²) in [5.41, 5.74) is -0.197. The molecule has 0 saturated carbocycles. The highest BCUT2D eigenvalue weighted by Crippen LogP contribution is 2.17. The molecule has 0 N–H and O–H groups in total. The summed E-state index contributed by atoms with van der Waals surface area (Å²) in [6, 6.07) is 0. The van der Waals surface area contributed by atoms with Crippen LogP contribution in [0.1, 0.15) is 13.8 Å². The van der Waals surface area contributed by atoms with E-state index in [0.29, 0.717) is 5.84 Å². The molecule has 0 atom stereocenters. The molecule has 0 aromatic carbocycles. The number of hydrogen-bond donors (Lipinski definition) is 0. The van der Waals surface area contributed by atoms with Crippen molar-refractivity contribution in [2.24, 2.45) is 4.99 Å². The van der Waals surface area contributed by atoms with Crippen molar-refractivity contribution in [3.63, 3.8) is 0 Å². The van der Waals surface area contributed by atoms with Gasteiger partial charge in [0.15, 0.2) is 5.82 Å². The fourth-order valence-electron chi connectivity index (χ4n) is 1.20. The number of nitrogens with zero attached hydrogens (tertiary/aromatic N) is 3. The van der Waals surface area contributed by atoms with E-state index < -0.39 is 0 Å². The molecule has 3 nitrogen and oxygen atoms in total. The van der Waals surface area contributed by atoms with E-state index in [9.17, 15) is 4.39 Å². The summed E-state index contributed by atoms with van der Waals surface area (Å²) in [5, 5.41) is 3.82. The van der Waals surface area contributed by atoms with Gasteiger partial charge in [-0.3, -0.25) is 4.99 Å². The minimum Gasteiger partial charge on any atom is -0.256 e. The van der Waals surface area contributed by atoms with Gasteiger partial charge in [-0.2, -0.15) is 5.10 Å². The molecule has 2 rings (SSSR count). The molecule has 0 unspecified atom stereocenters. The van der Waals surface area contributed by atoms with Crippen molar-refractivity contribution in [2.75, 3.05) is 0 Å². The largest absolute Gasteiger partial charge is 0.256 e. The van der Waals surface area contributed by atoms with Gasteiger partial charge in [-0.25, -0.2) is 9.07 Å². The van der Waals surface area contributed by atoms with Gasteiger partial charge in [-0.1, -0.05) is 6.08 Å². The van der Waals surface area contributed by atoms with Gasteiger partial charge in [0, 0.05) is 0 Å². The summed E-state index contributed by atoms with van der Waals surface area (Å²) in [6.07, 6.45) is 6.28. The van der Waals surface area contributed by atoms with Gasteiger partial charge < -0.3 is 0 Å². The Bertz CT molecular complexity index is 387. The Hall–Kier alpha value is -1.45. The van der Waals surface area contributed by atoms with Crippen molar-refractivity contribution in [1.82, 2.24) is 9.78 Å². The lowest BCUT2D eigenvalue weighted by Gasteiger charge is -2.08. The van der Waals surface area contributed by atoms with E-state index in [1.165, 1.54) is 17.1 Å². The first-order valence-corrected chi connectivity index (χ1v) is 4.06. The SMILES string of the molecule is CC1(C)C=CC(n2cc(F)cn2)=N1. The van der Waals surface area contributed by atoms with Crippen molar-refractivity contribution in [3.8, 4) is 0 Å². The van der Waals surface area contributed by atoms with Crippen LogP contribution in [0.25, 0.3) is 0 Å². The minimum absolute atomic E-state index is 0.197. The lowest BCUT2D eigenvalue weighted by molar-refractivity contribution is 0.627. The predicted octanol–water partition coefficient (Wildman–Crippen LogP) is 1.62. The third-order valence-electron chi connectivity index (χ3n) is 1.83. The standard InChI is InChI=1S/C9H10FN3/c1-9(2)4-3-8(12-9)13-6-7(10)5-11-13/h3-6H,1-2H3. The van der Waals surface area contributed by atoms with Crippen LogP contribution in [-0.2, 0) is 0 Å². The van der Waals surface area contributed by atoms with Crippen LogP contribution in [0.4, 0.5) is 4.39 Å². The second-order valence-corrected chi connectivity index (χ2v) is 3.56. The van der Waals surface area contributed by atoms with E-state index in [-0.39, 0.29) is 11.4 Å². The third-order valence-corrected chi connectivity index (χ3v) is 1.83. The molecule has 0 bridgehead atoms. The average Bonchev–Trinajstić information content (AvgIpc) is 2.56. The number of allylic oxidation sites excluding steroid dienone is 1. The van der Waals surface area contributed by atoms with Crippen LogP contribution in [0.5, 0.6) is 0 Å². The highest BCUT2D eigenvalue weighted by molar-refractivity contribution is 5.96. The van der Waals surface area contributed by atoms with Crippen molar-refractivity contribution >= 4 is 5.84 Å². The number of hydrogen-bond acceptors (Lipinski definition) is 2. The van der Waals surface area contributed by atoms with E-state index in [4.69, 9.17) is 0 Å². The van der Waals surface area contributed by atoms with Crippen LogP contribution in [-0.4, -0.2) is 21.2 Å². The molecule has 1 aliphatic heterocycles. The van der Waals surface area contributed by atoms with Crippen molar-refractivity contribution in [1.29, 1.82) is 0 Å². The summed E-state index contributed by atoms with van der Waals surface area (Å²) in [4.78, 5) is 4.34. The van der Waals surface area contributed by atoms with Crippen LogP contribution >= 0.6 is 0 Å². The Kier molecular flexibility index (Phi) is 1.58. The predicted molar refractivity (Wildman–Crippen MR) is 48.2 cm³/mol. The van der Waals surface area contributed by atoms with Gasteiger partial charge in [-0.05, 0) is 19.9 Å². The quantitative estimate of drug-likeness (QED) is 0.595. The van der Waals surface area contributed by atoms with E-state index in [1.807, 2.05) is 26.0 Å². The number of aliphatic imine (C=N–C) groups is 1. The summed E-state index contributed by atoms with van der Waals surface area (Å²) >= 11 is 0. The minimum atomic E-state index is -0.346. The summed E-state index contributed by atoms with van der Waals surface area (Å²) in [7, 11) is 0. The molecular formula is C9H10FN3. The Morgan fingerprint density at radius 2 is 2.23 bits per heavy atom. The second kappa shape index (κ2) is 2.52. The molecule has 1 aromatic heterocycles. The molecule has 2 heterocycles. The molecule has 0 radical (unpaired) electrons. The van der Waals surface area contributed by atoms with Gasteiger partial charge in [-0.15, -0.1) is 0 Å². The monoisotopic (exact) mass is 179 g/mol. The summed E-state index contributed by atoms with van der Waals surface area (Å²) in [6.45, 7) is 3.96. The maximum atomic E-state index is 12.6. The van der Waals surface area contributed by atoms with Gasteiger partial charge in [0.1, 0.15) is 5.84 Å². The van der Waals surface area contributed by atoms with Crippen molar-refractivity contribution in [2.45, 2.75) is 19.4 Å². The van der Waals surface area contributed by atoms with Crippen LogP contribution in [0.2, 0.25) is 0 Å². The zero-order valence-corrected chi connectivity index (χ0v) is 7.53. The van der Waals surface area contributed by atoms with Crippen LogP contribution in [0.3, 0.4) is 0 Å². The van der Waals surface area contributed by atoms with Gasteiger partial charge in [0.05, 0.1) is 17.9 Å². The summed E-state index contributed by atoms with van der Waals surface area (Å²) in [5.74, 6) is 0.328. The first-order valence-electron chi connectivity index (χ1n) is 4.06. The van der Waals surface area contributed by atoms with Gasteiger partial charge >= 0.3 is 0 Å². The lowest BCUT2D eigenvalue weighted by Crippen LogP contribution is -2.13. The highest BCUT2D eigenvalue weighted by Gasteiger charge is 2.19. The Morgan fingerprint density at radius 3 is 2.69 bits per heavy atom. The third kappa shape index (κ3) is 1.52. The highest BCUT2D eigenvalue weighted by atomic mass is 19.1. The maximum absolute atomic E-state index is 12.6. The Morgan fingerprint density at radius 1 is 1.46 bits per heavy atom. The molecule has 0 fully saturated rings. The first-order chi connectivity index (χ1) is 6.07. The maximum Gasteiger partial charge on any atom is 0.161 e. The molecule has 0 aliphatic carbocycles. The zero-order chi connectivity index (χ0) is 9.47. The Labute approximate surface area is 75.6 Å². The molecule has 1 aromatic rings. The molecule has 68 valence electrons. The Balaban J connectivity index is 2.35. The molecule has 0 spiro atoms. The number of rotatable bonds is 0. The van der Waals surface area contributed by atoms with Gasteiger partial charge in [0.25, 0.3) is 0 Å². The molecule has 1 aliphatic rings. The van der Waals surface area contributed by atoms with E-state index in [1.54, 1.807) is 0 Å². The normalized spacial score (nSPS) is 19.2. The lowest BCUT2D eigenvalue weighted by atomic mass is 10.1. The van der Waals surface area contributed by atoms with E-state index >= 15 is 0 Å². The van der Waals surface area contributed by atoms with Crippen LogP contribution in [0, 0.1) is 5.82 Å². The first kappa shape index (κ1) is 8.16. The molecule has 13 heavy (non-hydrogen) atoms. The van der Waals surface area contributed by atoms with Crippen molar-refractivity contribution < 1.29 is 4.39 Å². The molecule has 0 amide bonds. The second-order valence-electron chi connectivity index (χ2n) is 3.56. The fourth-order valence-corrected chi connectivity index (χ4v) is 1.20. The van der Waals surface area contributed by atoms with E-state index in [2.05, 4.69) is 10.1 Å². The molecule has 0 saturated heterocycles. The van der Waals surface area contributed by atoms with Crippen LogP contribution < -0.4 is 0 Å². The average molecular weight is 179 g/mol. The molecular weight excluding hydrogens is 169 g/mol. The molecule has 4 heteroatoms. The van der Waals surface area contributed by atoms with Gasteiger partial charge in [0.2, 0.25) is 0 Å². The zero-order valence-electron chi connectivity index (χ0n) is 7.53. The number of aromatic nitrogens is 2. The summed E-state index contributed by atoms with van der Waals surface area (Å²) < 4.78 is 14.0. The van der Waals surface area contributed by atoms with E-state index in [0.717, 1.165) is 0 Å². The topological polar surface area (TPSA) is 30.2 Å². The fraction of sp³-hybridized carbons (Fsp3) is 0.333. The number of halogens is 1. The van der Waals surface area contributed by atoms with Crippen LogP contribution in [0.15, 0.2) is 29.5 Å².